The number of halogens is 1. The van der Waals surface area contributed by atoms with Gasteiger partial charge in [0.2, 0.25) is 0 Å². The molecule has 1 aromatic heterocycles. The second-order valence-electron chi connectivity index (χ2n) is 2.67. The van der Waals surface area contributed by atoms with Gasteiger partial charge in [0.15, 0.2) is 0 Å². The molecule has 0 atom stereocenters. The summed E-state index contributed by atoms with van der Waals surface area (Å²) in [6.45, 7) is 3.00. The van der Waals surface area contributed by atoms with Gasteiger partial charge in [-0.1, -0.05) is 11.6 Å². The Bertz CT molecular complexity index is 265. The molecule has 0 aromatic carbocycles. The number of rotatable bonds is 0. The highest BCUT2D eigenvalue weighted by Crippen LogP contribution is 2.25. The van der Waals surface area contributed by atoms with Crippen molar-refractivity contribution in [1.82, 2.24) is 9.78 Å². The van der Waals surface area contributed by atoms with Crippen LogP contribution in [0.2, 0.25) is 5.02 Å². The molecule has 0 fully saturated rings. The maximum atomic E-state index is 5.97. The summed E-state index contributed by atoms with van der Waals surface area (Å²) in [5.74, 6) is 0. The minimum absolute atomic E-state index is 0.873. The Morgan fingerprint density at radius 3 is 3.10 bits per heavy atom. The minimum Gasteiger partial charge on any atom is -0.268 e. The van der Waals surface area contributed by atoms with Gasteiger partial charge >= 0.3 is 0 Å². The number of hydrogen-bond acceptors (Lipinski definition) is 1. The predicted octanol–water partition coefficient (Wildman–Crippen LogP) is 1.79. The highest BCUT2D eigenvalue weighted by atomic mass is 35.5. The van der Waals surface area contributed by atoms with Gasteiger partial charge in [-0.2, -0.15) is 5.10 Å². The first-order chi connectivity index (χ1) is 4.79. The zero-order valence-corrected chi connectivity index (χ0v) is 6.65. The summed E-state index contributed by atoms with van der Waals surface area (Å²) in [7, 11) is 0. The van der Waals surface area contributed by atoms with E-state index in [2.05, 4.69) is 5.10 Å². The van der Waals surface area contributed by atoms with Gasteiger partial charge in [-0.25, -0.2) is 0 Å². The molecule has 0 N–H and O–H groups in total. The number of aromatic nitrogens is 2. The van der Waals surface area contributed by atoms with Crippen LogP contribution in [0.25, 0.3) is 0 Å². The molecule has 2 nitrogen and oxygen atoms in total. The molecule has 0 saturated heterocycles. The Balaban J connectivity index is 2.59. The van der Waals surface area contributed by atoms with Crippen LogP contribution in [0.4, 0.5) is 0 Å². The van der Waals surface area contributed by atoms with Gasteiger partial charge in [0.1, 0.15) is 0 Å². The Labute approximate surface area is 64.8 Å². The van der Waals surface area contributed by atoms with Crippen molar-refractivity contribution in [3.8, 4) is 0 Å². The first-order valence-corrected chi connectivity index (χ1v) is 3.88. The zero-order chi connectivity index (χ0) is 7.14. The summed E-state index contributed by atoms with van der Waals surface area (Å²) in [4.78, 5) is 0. The Hall–Kier alpha value is -0.500. The molecule has 1 aromatic rings. The molecule has 0 aliphatic carbocycles. The molecule has 0 bridgehead atoms. The van der Waals surface area contributed by atoms with Gasteiger partial charge in [0, 0.05) is 6.54 Å². The summed E-state index contributed by atoms with van der Waals surface area (Å²) >= 11 is 5.97. The van der Waals surface area contributed by atoms with Crippen molar-refractivity contribution in [3.63, 3.8) is 0 Å². The van der Waals surface area contributed by atoms with Gasteiger partial charge < -0.3 is 0 Å². The molecule has 3 heteroatoms. The third-order valence-corrected chi connectivity index (χ3v) is 2.43. The van der Waals surface area contributed by atoms with E-state index in [1.54, 1.807) is 0 Å². The van der Waals surface area contributed by atoms with Crippen LogP contribution in [0, 0.1) is 6.92 Å². The topological polar surface area (TPSA) is 17.8 Å². The van der Waals surface area contributed by atoms with E-state index < -0.39 is 0 Å². The van der Waals surface area contributed by atoms with E-state index >= 15 is 0 Å². The fourth-order valence-electron chi connectivity index (χ4n) is 1.43. The van der Waals surface area contributed by atoms with Crippen molar-refractivity contribution in [1.29, 1.82) is 0 Å². The largest absolute Gasteiger partial charge is 0.268 e. The molecular formula is C7H9ClN2. The van der Waals surface area contributed by atoms with Crippen LogP contribution >= 0.6 is 11.6 Å². The lowest BCUT2D eigenvalue weighted by Crippen LogP contribution is -1.93. The van der Waals surface area contributed by atoms with E-state index in [4.69, 9.17) is 11.6 Å². The Morgan fingerprint density at radius 1 is 1.60 bits per heavy atom. The minimum atomic E-state index is 0.873. The van der Waals surface area contributed by atoms with Gasteiger partial charge in [-0.3, -0.25) is 4.68 Å². The normalized spacial score (nSPS) is 15.8. The Kier molecular flexibility index (Phi) is 1.24. The number of nitrogens with zero attached hydrogens (tertiary/aromatic N) is 2. The predicted molar refractivity (Wildman–Crippen MR) is 40.3 cm³/mol. The van der Waals surface area contributed by atoms with E-state index in [9.17, 15) is 0 Å². The highest BCUT2D eigenvalue weighted by molar-refractivity contribution is 6.31. The van der Waals surface area contributed by atoms with E-state index in [0.717, 1.165) is 23.7 Å². The third kappa shape index (κ3) is 0.686. The van der Waals surface area contributed by atoms with Gasteiger partial charge in [-0.15, -0.1) is 0 Å². The van der Waals surface area contributed by atoms with Gasteiger partial charge in [0.25, 0.3) is 0 Å². The maximum absolute atomic E-state index is 5.97. The van der Waals surface area contributed by atoms with E-state index in [1.165, 1.54) is 12.1 Å². The molecule has 0 unspecified atom stereocenters. The van der Waals surface area contributed by atoms with Gasteiger partial charge in [-0.05, 0) is 19.8 Å². The monoisotopic (exact) mass is 156 g/mol. The van der Waals surface area contributed by atoms with Crippen LogP contribution in [-0.4, -0.2) is 9.78 Å². The lowest BCUT2D eigenvalue weighted by atomic mass is 10.3. The smallest absolute Gasteiger partial charge is 0.0847 e. The molecule has 10 heavy (non-hydrogen) atoms. The second kappa shape index (κ2) is 1.99. The molecule has 54 valence electrons. The molecule has 0 spiro atoms. The molecule has 1 aliphatic rings. The standard InChI is InChI=1S/C7H9ClN2/c1-5-7(8)6-3-2-4-10(6)9-5/h2-4H2,1H3. The molecule has 0 radical (unpaired) electrons. The van der Waals surface area contributed by atoms with Crippen LogP contribution in [0.3, 0.4) is 0 Å². The fraction of sp³-hybridized carbons (Fsp3) is 0.571. The lowest BCUT2D eigenvalue weighted by molar-refractivity contribution is 0.650. The van der Waals surface area contributed by atoms with Crippen molar-refractivity contribution in [2.24, 2.45) is 0 Å². The van der Waals surface area contributed by atoms with E-state index in [0.29, 0.717) is 0 Å². The molecule has 0 saturated carbocycles. The molecule has 1 aliphatic heterocycles. The van der Waals surface area contributed by atoms with Crippen molar-refractivity contribution in [3.05, 3.63) is 16.4 Å². The number of fused-ring (bicyclic) bond motifs is 1. The van der Waals surface area contributed by atoms with Crippen molar-refractivity contribution in [2.45, 2.75) is 26.3 Å². The van der Waals surface area contributed by atoms with Crippen molar-refractivity contribution in [2.75, 3.05) is 0 Å². The zero-order valence-electron chi connectivity index (χ0n) is 5.89. The summed E-state index contributed by atoms with van der Waals surface area (Å²) < 4.78 is 2.01. The van der Waals surface area contributed by atoms with Crippen LogP contribution in [0.1, 0.15) is 17.8 Å². The average molecular weight is 157 g/mol. The van der Waals surface area contributed by atoms with Crippen molar-refractivity contribution >= 4 is 11.6 Å². The number of aryl methyl sites for hydroxylation is 2. The van der Waals surface area contributed by atoms with Gasteiger partial charge in [0.05, 0.1) is 16.4 Å². The third-order valence-electron chi connectivity index (χ3n) is 1.94. The molecule has 2 rings (SSSR count). The quantitative estimate of drug-likeness (QED) is 0.560. The van der Waals surface area contributed by atoms with Crippen LogP contribution in [0.5, 0.6) is 0 Å². The SMILES string of the molecule is Cc1nn2c(c1Cl)CCC2. The first kappa shape index (κ1) is 6.23. The molecular weight excluding hydrogens is 148 g/mol. The maximum Gasteiger partial charge on any atom is 0.0847 e. The summed E-state index contributed by atoms with van der Waals surface area (Å²) in [5, 5.41) is 5.15. The summed E-state index contributed by atoms with van der Waals surface area (Å²) in [5.41, 5.74) is 2.19. The summed E-state index contributed by atoms with van der Waals surface area (Å²) in [6, 6.07) is 0. The highest BCUT2D eigenvalue weighted by Gasteiger charge is 2.17. The molecule has 2 heterocycles. The molecule has 0 amide bonds. The average Bonchev–Trinajstić information content (AvgIpc) is 2.41. The van der Waals surface area contributed by atoms with Crippen molar-refractivity contribution < 1.29 is 0 Å². The Morgan fingerprint density at radius 2 is 2.40 bits per heavy atom. The van der Waals surface area contributed by atoms with Crippen LogP contribution in [0.15, 0.2) is 0 Å². The van der Waals surface area contributed by atoms with E-state index in [1.807, 2.05) is 11.6 Å². The van der Waals surface area contributed by atoms with E-state index in [-0.39, 0.29) is 0 Å². The fourth-order valence-corrected chi connectivity index (χ4v) is 1.66. The summed E-state index contributed by atoms with van der Waals surface area (Å²) in [6.07, 6.45) is 2.29. The van der Waals surface area contributed by atoms with Crippen LogP contribution < -0.4 is 0 Å². The lowest BCUT2D eigenvalue weighted by Gasteiger charge is -1.89. The number of hydrogen-bond donors (Lipinski definition) is 0. The second-order valence-corrected chi connectivity index (χ2v) is 3.05. The van der Waals surface area contributed by atoms with Crippen LogP contribution in [-0.2, 0) is 13.0 Å². The first-order valence-electron chi connectivity index (χ1n) is 3.51.